The molecule has 0 bridgehead atoms. The molecule has 0 aromatic heterocycles. The molecule has 0 aliphatic carbocycles. The summed E-state index contributed by atoms with van der Waals surface area (Å²) in [5, 5.41) is 3.24. The minimum absolute atomic E-state index is 0.103. The standard InChI is InChI=1S/C10H17NO3/c1-13-9(12)8-10(2-5-11-8)3-6-14-7-4-10/h8,11H,2-7H2,1H3. The molecule has 14 heavy (non-hydrogen) atoms. The molecule has 1 N–H and O–H groups in total. The van der Waals surface area contributed by atoms with Crippen LogP contribution in [0.5, 0.6) is 0 Å². The Kier molecular flexibility index (Phi) is 2.74. The number of ether oxygens (including phenoxy) is 2. The van der Waals surface area contributed by atoms with Crippen LogP contribution in [0, 0.1) is 5.41 Å². The molecular formula is C10H17NO3. The Morgan fingerprint density at radius 3 is 2.79 bits per heavy atom. The smallest absolute Gasteiger partial charge is 0.323 e. The lowest BCUT2D eigenvalue weighted by atomic mass is 9.74. The van der Waals surface area contributed by atoms with Gasteiger partial charge in [0.25, 0.3) is 0 Å². The highest BCUT2D eigenvalue weighted by atomic mass is 16.5. The van der Waals surface area contributed by atoms with Gasteiger partial charge in [-0.2, -0.15) is 0 Å². The Balaban J connectivity index is 2.11. The number of hydrogen-bond acceptors (Lipinski definition) is 4. The van der Waals surface area contributed by atoms with Gasteiger partial charge in [-0.15, -0.1) is 0 Å². The number of hydrogen-bond donors (Lipinski definition) is 1. The monoisotopic (exact) mass is 199 g/mol. The van der Waals surface area contributed by atoms with E-state index in [1.807, 2.05) is 0 Å². The Labute approximate surface area is 84.0 Å². The molecule has 2 aliphatic rings. The van der Waals surface area contributed by atoms with E-state index in [0.29, 0.717) is 0 Å². The van der Waals surface area contributed by atoms with E-state index in [1.165, 1.54) is 7.11 Å². The average molecular weight is 199 g/mol. The highest BCUT2D eigenvalue weighted by molar-refractivity contribution is 5.77. The highest BCUT2D eigenvalue weighted by Gasteiger charge is 2.47. The quantitative estimate of drug-likeness (QED) is 0.618. The van der Waals surface area contributed by atoms with Crippen molar-refractivity contribution in [2.75, 3.05) is 26.9 Å². The van der Waals surface area contributed by atoms with Crippen LogP contribution < -0.4 is 5.32 Å². The third-order valence-corrected chi connectivity index (χ3v) is 3.51. The van der Waals surface area contributed by atoms with Crippen LogP contribution in [-0.4, -0.2) is 38.9 Å². The molecule has 2 saturated heterocycles. The van der Waals surface area contributed by atoms with Crippen molar-refractivity contribution < 1.29 is 14.3 Å². The van der Waals surface area contributed by atoms with Crippen molar-refractivity contribution in [1.29, 1.82) is 0 Å². The zero-order valence-corrected chi connectivity index (χ0v) is 8.54. The summed E-state index contributed by atoms with van der Waals surface area (Å²) in [4.78, 5) is 11.6. The third kappa shape index (κ3) is 1.53. The highest BCUT2D eigenvalue weighted by Crippen LogP contribution is 2.41. The topological polar surface area (TPSA) is 47.6 Å². The van der Waals surface area contributed by atoms with Crippen LogP contribution in [0.3, 0.4) is 0 Å². The van der Waals surface area contributed by atoms with Crippen molar-refractivity contribution in [3.05, 3.63) is 0 Å². The van der Waals surface area contributed by atoms with Gasteiger partial charge in [0.2, 0.25) is 0 Å². The summed E-state index contributed by atoms with van der Waals surface area (Å²) in [5.41, 5.74) is 0.103. The second-order valence-electron chi connectivity index (χ2n) is 4.14. The summed E-state index contributed by atoms with van der Waals surface area (Å²) >= 11 is 0. The maximum atomic E-state index is 11.6. The fourth-order valence-electron chi connectivity index (χ4n) is 2.59. The van der Waals surface area contributed by atoms with Gasteiger partial charge in [0.1, 0.15) is 6.04 Å². The van der Waals surface area contributed by atoms with Crippen molar-refractivity contribution >= 4 is 5.97 Å². The Hall–Kier alpha value is -0.610. The van der Waals surface area contributed by atoms with Crippen molar-refractivity contribution in [1.82, 2.24) is 5.32 Å². The summed E-state index contributed by atoms with van der Waals surface area (Å²) in [6, 6.07) is -0.114. The number of carbonyl (C=O) groups excluding carboxylic acids is 1. The number of rotatable bonds is 1. The normalized spacial score (nSPS) is 30.5. The van der Waals surface area contributed by atoms with E-state index >= 15 is 0 Å². The van der Waals surface area contributed by atoms with E-state index in [9.17, 15) is 4.79 Å². The van der Waals surface area contributed by atoms with Crippen LogP contribution in [0.25, 0.3) is 0 Å². The molecule has 1 atom stereocenters. The zero-order chi connectivity index (χ0) is 10.0. The third-order valence-electron chi connectivity index (χ3n) is 3.51. The maximum absolute atomic E-state index is 11.6. The fourth-order valence-corrected chi connectivity index (χ4v) is 2.59. The predicted molar refractivity (Wildman–Crippen MR) is 50.9 cm³/mol. The molecule has 0 radical (unpaired) electrons. The van der Waals surface area contributed by atoms with Crippen LogP contribution in [-0.2, 0) is 14.3 Å². The number of methoxy groups -OCH3 is 1. The molecule has 0 aromatic carbocycles. The fraction of sp³-hybridized carbons (Fsp3) is 0.900. The molecule has 2 aliphatic heterocycles. The lowest BCUT2D eigenvalue weighted by molar-refractivity contribution is -0.147. The van der Waals surface area contributed by atoms with Gasteiger partial charge in [0, 0.05) is 18.6 Å². The Morgan fingerprint density at radius 1 is 1.43 bits per heavy atom. The lowest BCUT2D eigenvalue weighted by Gasteiger charge is -2.36. The molecule has 0 saturated carbocycles. The van der Waals surface area contributed by atoms with Crippen molar-refractivity contribution in [2.45, 2.75) is 25.3 Å². The van der Waals surface area contributed by atoms with Crippen LogP contribution in [0.1, 0.15) is 19.3 Å². The van der Waals surface area contributed by atoms with Crippen LogP contribution in [0.15, 0.2) is 0 Å². The van der Waals surface area contributed by atoms with E-state index < -0.39 is 0 Å². The van der Waals surface area contributed by atoms with Gasteiger partial charge in [0.05, 0.1) is 7.11 Å². The van der Waals surface area contributed by atoms with E-state index in [-0.39, 0.29) is 17.4 Å². The predicted octanol–water partition coefficient (Wildman–Crippen LogP) is 0.318. The summed E-state index contributed by atoms with van der Waals surface area (Å²) < 4.78 is 10.2. The molecule has 2 fully saturated rings. The van der Waals surface area contributed by atoms with E-state index in [4.69, 9.17) is 9.47 Å². The summed E-state index contributed by atoms with van der Waals surface area (Å²) in [5.74, 6) is -0.121. The van der Waals surface area contributed by atoms with Crippen molar-refractivity contribution in [3.8, 4) is 0 Å². The first-order valence-electron chi connectivity index (χ1n) is 5.17. The molecule has 1 unspecified atom stereocenters. The molecule has 4 nitrogen and oxygen atoms in total. The summed E-state index contributed by atoms with van der Waals surface area (Å²) in [7, 11) is 1.45. The van der Waals surface area contributed by atoms with Gasteiger partial charge < -0.3 is 14.8 Å². The van der Waals surface area contributed by atoms with Gasteiger partial charge in [-0.3, -0.25) is 4.79 Å². The molecule has 2 rings (SSSR count). The molecule has 2 heterocycles. The number of esters is 1. The number of carbonyl (C=O) groups is 1. The number of nitrogens with one attached hydrogen (secondary N) is 1. The first kappa shape index (κ1) is 9.93. The van der Waals surface area contributed by atoms with Gasteiger partial charge >= 0.3 is 5.97 Å². The van der Waals surface area contributed by atoms with Crippen LogP contribution in [0.4, 0.5) is 0 Å². The molecule has 0 amide bonds. The van der Waals surface area contributed by atoms with Crippen LogP contribution in [0.2, 0.25) is 0 Å². The first-order valence-corrected chi connectivity index (χ1v) is 5.17. The molecule has 0 aromatic rings. The molecule has 1 spiro atoms. The largest absolute Gasteiger partial charge is 0.468 e. The Bertz CT molecular complexity index is 223. The SMILES string of the molecule is COC(=O)C1NCCC12CCOCC2. The van der Waals surface area contributed by atoms with E-state index in [0.717, 1.165) is 39.0 Å². The first-order chi connectivity index (χ1) is 6.78. The molecular weight excluding hydrogens is 182 g/mol. The minimum Gasteiger partial charge on any atom is -0.468 e. The average Bonchev–Trinajstić information content (AvgIpc) is 2.62. The lowest BCUT2D eigenvalue weighted by Crippen LogP contribution is -2.46. The van der Waals surface area contributed by atoms with Gasteiger partial charge in [-0.1, -0.05) is 0 Å². The van der Waals surface area contributed by atoms with Gasteiger partial charge in [-0.05, 0) is 25.8 Å². The second-order valence-corrected chi connectivity index (χ2v) is 4.14. The summed E-state index contributed by atoms with van der Waals surface area (Å²) in [6.45, 7) is 2.46. The Morgan fingerprint density at radius 2 is 2.14 bits per heavy atom. The zero-order valence-electron chi connectivity index (χ0n) is 8.54. The van der Waals surface area contributed by atoms with E-state index in [2.05, 4.69) is 5.32 Å². The van der Waals surface area contributed by atoms with E-state index in [1.54, 1.807) is 0 Å². The maximum Gasteiger partial charge on any atom is 0.323 e. The summed E-state index contributed by atoms with van der Waals surface area (Å²) in [6.07, 6.45) is 3.01. The van der Waals surface area contributed by atoms with Crippen molar-refractivity contribution in [2.24, 2.45) is 5.41 Å². The van der Waals surface area contributed by atoms with Gasteiger partial charge in [0.15, 0.2) is 0 Å². The molecule has 4 heteroatoms. The van der Waals surface area contributed by atoms with Gasteiger partial charge in [-0.25, -0.2) is 0 Å². The minimum atomic E-state index is -0.121. The molecule has 80 valence electrons. The van der Waals surface area contributed by atoms with Crippen LogP contribution >= 0.6 is 0 Å². The second kappa shape index (κ2) is 3.87. The van der Waals surface area contributed by atoms with Crippen molar-refractivity contribution in [3.63, 3.8) is 0 Å².